The number of thioether (sulfide) groups is 1. The fraction of sp³-hybridized carbons (Fsp3) is 0.280. The Hall–Kier alpha value is -2.23. The molecule has 2 amide bonds. The number of benzene rings is 2. The number of aliphatic hydroxyl groups excluding tert-OH is 1. The molecule has 0 aliphatic carbocycles. The SMILES string of the molecule is CC(O)c1ccc(Oc2ccc(CNC(=O)C3(NC(=O)c4ccc(Cl)s4)CCSC3)cc2)c(Cl)c1. The van der Waals surface area contributed by atoms with Gasteiger partial charge in [-0.05, 0) is 66.6 Å². The Bertz CT molecular complexity index is 1210. The summed E-state index contributed by atoms with van der Waals surface area (Å²) in [4.78, 5) is 26.3. The van der Waals surface area contributed by atoms with Crippen LogP contribution in [0.1, 0.15) is 40.2 Å². The molecule has 2 heterocycles. The monoisotopic (exact) mass is 550 g/mol. The summed E-state index contributed by atoms with van der Waals surface area (Å²) >= 11 is 15.0. The fourth-order valence-corrected chi connectivity index (χ4v) is 6.13. The van der Waals surface area contributed by atoms with Crippen LogP contribution in [0, 0.1) is 0 Å². The van der Waals surface area contributed by atoms with E-state index in [1.54, 1.807) is 61.2 Å². The summed E-state index contributed by atoms with van der Waals surface area (Å²) in [6, 6.07) is 15.8. The summed E-state index contributed by atoms with van der Waals surface area (Å²) in [6.45, 7) is 1.99. The lowest BCUT2D eigenvalue weighted by atomic mass is 9.97. The third-order valence-electron chi connectivity index (χ3n) is 5.65. The maximum atomic E-state index is 13.1. The van der Waals surface area contributed by atoms with Crippen molar-refractivity contribution in [2.75, 3.05) is 11.5 Å². The van der Waals surface area contributed by atoms with Gasteiger partial charge in [-0.3, -0.25) is 9.59 Å². The predicted octanol–water partition coefficient (Wildman–Crippen LogP) is 5.82. The summed E-state index contributed by atoms with van der Waals surface area (Å²) in [5, 5.41) is 16.0. The number of thiophene rings is 1. The largest absolute Gasteiger partial charge is 0.456 e. The first kappa shape index (κ1) is 25.9. The van der Waals surface area contributed by atoms with Crippen LogP contribution in [0.3, 0.4) is 0 Å². The molecule has 1 aliphatic rings. The lowest BCUT2D eigenvalue weighted by molar-refractivity contribution is -0.126. The van der Waals surface area contributed by atoms with Crippen molar-refractivity contribution >= 4 is 58.1 Å². The number of hydrogen-bond acceptors (Lipinski definition) is 6. The van der Waals surface area contributed by atoms with Crippen LogP contribution in [0.5, 0.6) is 11.5 Å². The van der Waals surface area contributed by atoms with Gasteiger partial charge in [-0.15, -0.1) is 11.3 Å². The van der Waals surface area contributed by atoms with Crippen LogP contribution >= 0.6 is 46.3 Å². The predicted molar refractivity (Wildman–Crippen MR) is 142 cm³/mol. The Balaban J connectivity index is 1.36. The second kappa shape index (κ2) is 11.2. The minimum atomic E-state index is -0.948. The van der Waals surface area contributed by atoms with Crippen molar-refractivity contribution in [3.63, 3.8) is 0 Å². The number of hydrogen-bond donors (Lipinski definition) is 3. The van der Waals surface area contributed by atoms with E-state index in [0.29, 0.717) is 50.0 Å². The van der Waals surface area contributed by atoms with Crippen LogP contribution in [-0.4, -0.2) is 34.0 Å². The summed E-state index contributed by atoms with van der Waals surface area (Å²) in [6.07, 6.45) is -0.0454. The fourth-order valence-electron chi connectivity index (χ4n) is 3.63. The molecule has 3 aromatic rings. The molecule has 2 unspecified atom stereocenters. The Morgan fingerprint density at radius 1 is 1.14 bits per heavy atom. The first-order valence-electron chi connectivity index (χ1n) is 10.9. The molecule has 184 valence electrons. The third-order valence-corrected chi connectivity index (χ3v) is 8.36. The van der Waals surface area contributed by atoms with Gasteiger partial charge in [-0.25, -0.2) is 0 Å². The Labute approximate surface area is 222 Å². The van der Waals surface area contributed by atoms with Gasteiger partial charge < -0.3 is 20.5 Å². The maximum absolute atomic E-state index is 13.1. The summed E-state index contributed by atoms with van der Waals surface area (Å²) in [5.74, 6) is 1.90. The van der Waals surface area contributed by atoms with Gasteiger partial charge >= 0.3 is 0 Å². The molecule has 3 N–H and O–H groups in total. The molecule has 4 rings (SSSR count). The minimum Gasteiger partial charge on any atom is -0.456 e. The van der Waals surface area contributed by atoms with Crippen LogP contribution < -0.4 is 15.4 Å². The normalized spacial score (nSPS) is 18.2. The van der Waals surface area contributed by atoms with Crippen molar-refractivity contribution in [3.05, 3.63) is 80.0 Å². The van der Waals surface area contributed by atoms with E-state index in [4.69, 9.17) is 27.9 Å². The quantitative estimate of drug-likeness (QED) is 0.328. The number of aliphatic hydroxyl groups is 1. The standard InChI is InChI=1S/C25H24Cl2N2O4S2/c1-15(30)17-4-7-20(19(26)12-17)33-18-5-2-16(3-6-18)13-28-24(32)25(10-11-34-14-25)29-23(31)21-8-9-22(27)35-21/h2-9,12,15,30H,10-11,13-14H2,1H3,(H,28,32)(H,29,31). The number of halogens is 2. The van der Waals surface area contributed by atoms with Crippen molar-refractivity contribution in [2.24, 2.45) is 0 Å². The highest BCUT2D eigenvalue weighted by atomic mass is 35.5. The van der Waals surface area contributed by atoms with Gasteiger partial charge in [0.1, 0.15) is 17.0 Å². The zero-order chi connectivity index (χ0) is 25.0. The number of carbonyl (C=O) groups is 2. The van der Waals surface area contributed by atoms with Crippen molar-refractivity contribution in [1.82, 2.24) is 10.6 Å². The van der Waals surface area contributed by atoms with Crippen molar-refractivity contribution < 1.29 is 19.4 Å². The second-order valence-electron chi connectivity index (χ2n) is 8.24. The van der Waals surface area contributed by atoms with Crippen LogP contribution in [0.25, 0.3) is 0 Å². The number of nitrogens with one attached hydrogen (secondary N) is 2. The second-order valence-corrected chi connectivity index (χ2v) is 11.5. The molecule has 0 saturated carbocycles. The first-order valence-corrected chi connectivity index (χ1v) is 13.7. The summed E-state index contributed by atoms with van der Waals surface area (Å²) in [7, 11) is 0. The molecular weight excluding hydrogens is 527 g/mol. The molecule has 2 atom stereocenters. The van der Waals surface area contributed by atoms with Crippen LogP contribution in [0.15, 0.2) is 54.6 Å². The molecule has 1 fully saturated rings. The van der Waals surface area contributed by atoms with Gasteiger partial charge in [0.25, 0.3) is 5.91 Å². The van der Waals surface area contributed by atoms with Gasteiger partial charge in [0.05, 0.1) is 20.3 Å². The Kier molecular flexibility index (Phi) is 8.29. The van der Waals surface area contributed by atoms with Gasteiger partial charge in [0, 0.05) is 12.3 Å². The van der Waals surface area contributed by atoms with Crippen LogP contribution in [-0.2, 0) is 11.3 Å². The van der Waals surface area contributed by atoms with E-state index in [1.807, 2.05) is 12.1 Å². The molecule has 6 nitrogen and oxygen atoms in total. The third kappa shape index (κ3) is 6.32. The molecule has 1 aromatic heterocycles. The number of amides is 2. The van der Waals surface area contributed by atoms with Crippen molar-refractivity contribution in [2.45, 2.75) is 31.5 Å². The van der Waals surface area contributed by atoms with Crippen molar-refractivity contribution in [3.8, 4) is 11.5 Å². The van der Waals surface area contributed by atoms with Crippen LogP contribution in [0.2, 0.25) is 9.36 Å². The minimum absolute atomic E-state index is 0.205. The average Bonchev–Trinajstić information content (AvgIpc) is 3.49. The smallest absolute Gasteiger partial charge is 0.262 e. The van der Waals surface area contributed by atoms with E-state index < -0.39 is 11.6 Å². The first-order chi connectivity index (χ1) is 16.8. The summed E-state index contributed by atoms with van der Waals surface area (Å²) < 4.78 is 6.38. The lowest BCUT2D eigenvalue weighted by Crippen LogP contribution is -2.58. The molecule has 1 saturated heterocycles. The molecule has 0 spiro atoms. The number of carbonyl (C=O) groups excluding carboxylic acids is 2. The lowest BCUT2D eigenvalue weighted by Gasteiger charge is -2.28. The molecular formula is C25H24Cl2N2O4S2. The average molecular weight is 552 g/mol. The van der Waals surface area contributed by atoms with E-state index >= 15 is 0 Å². The van der Waals surface area contributed by atoms with E-state index in [9.17, 15) is 14.7 Å². The number of rotatable bonds is 8. The molecule has 35 heavy (non-hydrogen) atoms. The van der Waals surface area contributed by atoms with Crippen LogP contribution in [0.4, 0.5) is 0 Å². The summed E-state index contributed by atoms with van der Waals surface area (Å²) in [5.41, 5.74) is 0.650. The van der Waals surface area contributed by atoms with Gasteiger partial charge in [0.15, 0.2) is 0 Å². The number of ether oxygens (including phenoxy) is 1. The van der Waals surface area contributed by atoms with E-state index in [1.165, 1.54) is 11.3 Å². The topological polar surface area (TPSA) is 87.7 Å². The van der Waals surface area contributed by atoms with Gasteiger partial charge in [-0.2, -0.15) is 11.8 Å². The highest BCUT2D eigenvalue weighted by molar-refractivity contribution is 7.99. The molecule has 0 radical (unpaired) electrons. The maximum Gasteiger partial charge on any atom is 0.262 e. The van der Waals surface area contributed by atoms with E-state index in [-0.39, 0.29) is 11.8 Å². The van der Waals surface area contributed by atoms with E-state index in [2.05, 4.69) is 10.6 Å². The highest BCUT2D eigenvalue weighted by Gasteiger charge is 2.43. The molecule has 2 aromatic carbocycles. The van der Waals surface area contributed by atoms with E-state index in [0.717, 1.165) is 11.3 Å². The molecule has 0 bridgehead atoms. The Morgan fingerprint density at radius 3 is 2.51 bits per heavy atom. The van der Waals surface area contributed by atoms with Crippen molar-refractivity contribution in [1.29, 1.82) is 0 Å². The zero-order valence-corrected chi connectivity index (χ0v) is 22.0. The van der Waals surface area contributed by atoms with Gasteiger partial charge in [-0.1, -0.05) is 41.4 Å². The molecule has 1 aliphatic heterocycles. The van der Waals surface area contributed by atoms with Gasteiger partial charge in [0.2, 0.25) is 5.91 Å². The molecule has 10 heteroatoms. The zero-order valence-electron chi connectivity index (χ0n) is 18.8. The Morgan fingerprint density at radius 2 is 1.91 bits per heavy atom. The highest BCUT2D eigenvalue weighted by Crippen LogP contribution is 2.32.